The number of alkyl halides is 4. The number of halogens is 4. The second-order valence-electron chi connectivity index (χ2n) is 8.13. The van der Waals surface area contributed by atoms with Gasteiger partial charge in [0, 0.05) is 47.5 Å². The van der Waals surface area contributed by atoms with Crippen molar-refractivity contribution in [2.45, 2.75) is 30.0 Å². The summed E-state index contributed by atoms with van der Waals surface area (Å²) in [6, 6.07) is 6.02. The predicted molar refractivity (Wildman–Crippen MR) is 135 cm³/mol. The average Bonchev–Trinajstić information content (AvgIpc) is 2.84. The zero-order valence-corrected chi connectivity index (χ0v) is 21.2. The zero-order valence-electron chi connectivity index (χ0n) is 19.0. The van der Waals surface area contributed by atoms with Crippen LogP contribution in [0.1, 0.15) is 24.5 Å². The van der Waals surface area contributed by atoms with Gasteiger partial charge in [0.25, 0.3) is 0 Å². The first-order valence-electron chi connectivity index (χ1n) is 11.0. The van der Waals surface area contributed by atoms with E-state index in [0.717, 1.165) is 28.2 Å². The average molecular weight is 611 g/mol. The highest BCUT2D eigenvalue weighted by molar-refractivity contribution is 14.1. The topological polar surface area (TPSA) is 99.5 Å². The molecule has 1 aromatic carbocycles. The van der Waals surface area contributed by atoms with Crippen LogP contribution in [0, 0.1) is 0 Å². The zero-order chi connectivity index (χ0) is 26.0. The molecule has 0 unspecified atom stereocenters. The lowest BCUT2D eigenvalue weighted by molar-refractivity contribution is -0.137. The molecule has 0 radical (unpaired) electrons. The highest BCUT2D eigenvalue weighted by atomic mass is 127. The summed E-state index contributed by atoms with van der Waals surface area (Å²) in [5.41, 5.74) is 2.23. The summed E-state index contributed by atoms with van der Waals surface area (Å²) in [6.45, 7) is 2.13. The van der Waals surface area contributed by atoms with Gasteiger partial charge in [-0.15, -0.1) is 0 Å². The molecule has 0 spiro atoms. The second kappa shape index (κ2) is 10.4. The molecular formula is C24H21F3IN5O3. The lowest BCUT2D eigenvalue weighted by Gasteiger charge is -2.43. The second-order valence-corrected chi connectivity index (χ2v) is 8.89. The van der Waals surface area contributed by atoms with Crippen LogP contribution in [-0.2, 0) is 15.4 Å². The maximum atomic E-state index is 13.1. The van der Waals surface area contributed by atoms with Crippen LogP contribution in [0.15, 0.2) is 48.9 Å². The smallest absolute Gasteiger partial charge is 0.416 e. The number of benzene rings is 1. The number of aromatic nitrogens is 3. The van der Waals surface area contributed by atoms with Crippen LogP contribution < -0.4 is 4.90 Å². The summed E-state index contributed by atoms with van der Waals surface area (Å²) in [5, 5.41) is 9.43. The molecule has 0 bridgehead atoms. The summed E-state index contributed by atoms with van der Waals surface area (Å²) >= 11 is 2.19. The Morgan fingerprint density at radius 2 is 1.83 bits per heavy atom. The van der Waals surface area contributed by atoms with E-state index < -0.39 is 29.8 Å². The van der Waals surface area contributed by atoms with Gasteiger partial charge in [0.05, 0.1) is 29.2 Å². The minimum atomic E-state index is -4.45. The number of rotatable bonds is 6. The predicted octanol–water partition coefficient (Wildman–Crippen LogP) is 5.26. The van der Waals surface area contributed by atoms with Crippen LogP contribution in [0.3, 0.4) is 0 Å². The third kappa shape index (κ3) is 5.13. The molecule has 1 N–H and O–H groups in total. The molecule has 2 aromatic heterocycles. The fourth-order valence-corrected chi connectivity index (χ4v) is 4.56. The van der Waals surface area contributed by atoms with E-state index in [9.17, 15) is 27.9 Å². The van der Waals surface area contributed by atoms with Crippen LogP contribution in [0.25, 0.3) is 22.5 Å². The van der Waals surface area contributed by atoms with E-state index in [0.29, 0.717) is 27.2 Å². The first kappa shape index (κ1) is 25.8. The first-order chi connectivity index (χ1) is 17.1. The Hall–Kier alpha value is -3.29. The number of hydrogen-bond donors (Lipinski definition) is 1. The van der Waals surface area contributed by atoms with Crippen molar-refractivity contribution in [3.8, 4) is 22.5 Å². The van der Waals surface area contributed by atoms with Gasteiger partial charge in [-0.2, -0.15) is 13.2 Å². The molecule has 12 heteroatoms. The standard InChI is InChI=1S/C24H21F3IN5O3/c1-2-20(34)33(23(35)36)17-12-32(13-17)19-11-30-21(14-3-5-16(6-4-14)24(25,26)27)22(31-19)18-7-8-29-10-15(18)9-28/h3-8,10-11,17H,2,9,12-13H2,1H3,(H,35,36). The van der Waals surface area contributed by atoms with Crippen molar-refractivity contribution in [2.75, 3.05) is 18.0 Å². The lowest BCUT2D eigenvalue weighted by Crippen LogP contribution is -2.62. The van der Waals surface area contributed by atoms with Gasteiger partial charge in [-0.25, -0.2) is 14.7 Å². The third-order valence-corrected chi connectivity index (χ3v) is 6.70. The molecule has 1 aliphatic heterocycles. The number of carbonyl (C=O) groups is 2. The molecule has 0 aliphatic carbocycles. The maximum absolute atomic E-state index is 13.1. The number of carboxylic acid groups (broad SMARTS) is 1. The van der Waals surface area contributed by atoms with Crippen LogP contribution in [0.4, 0.5) is 23.8 Å². The van der Waals surface area contributed by atoms with Crippen LogP contribution in [0.2, 0.25) is 0 Å². The van der Waals surface area contributed by atoms with Crippen LogP contribution >= 0.6 is 22.6 Å². The number of carbonyl (C=O) groups excluding carboxylic acids is 1. The molecule has 1 saturated heterocycles. The molecule has 3 heterocycles. The molecule has 1 aliphatic rings. The number of imide groups is 1. The third-order valence-electron chi connectivity index (χ3n) is 5.88. The number of anilines is 1. The Balaban J connectivity index is 1.71. The number of nitrogens with zero attached hydrogens (tertiary/aromatic N) is 5. The summed E-state index contributed by atoms with van der Waals surface area (Å²) in [7, 11) is 0. The van der Waals surface area contributed by atoms with Gasteiger partial charge in [0.2, 0.25) is 5.91 Å². The number of hydrogen-bond acceptors (Lipinski definition) is 6. The van der Waals surface area contributed by atoms with Gasteiger partial charge >= 0.3 is 12.3 Å². The monoisotopic (exact) mass is 611 g/mol. The van der Waals surface area contributed by atoms with Gasteiger partial charge in [0.1, 0.15) is 5.82 Å². The molecule has 36 heavy (non-hydrogen) atoms. The van der Waals surface area contributed by atoms with Crippen molar-refractivity contribution in [1.29, 1.82) is 0 Å². The minimum Gasteiger partial charge on any atom is -0.465 e. The molecule has 3 aromatic rings. The molecule has 8 nitrogen and oxygen atoms in total. The lowest BCUT2D eigenvalue weighted by atomic mass is 10.0. The molecule has 4 rings (SSSR count). The van der Waals surface area contributed by atoms with E-state index in [-0.39, 0.29) is 19.5 Å². The SMILES string of the molecule is CCC(=O)N(C(=O)O)C1CN(c2cnc(-c3ccc(C(F)(F)F)cc3)c(-c3ccncc3CI)n2)C1. The van der Waals surface area contributed by atoms with E-state index in [1.54, 1.807) is 25.4 Å². The van der Waals surface area contributed by atoms with E-state index in [4.69, 9.17) is 4.98 Å². The van der Waals surface area contributed by atoms with Crippen LogP contribution in [0.5, 0.6) is 0 Å². The Morgan fingerprint density at radius 3 is 2.42 bits per heavy atom. The number of pyridine rings is 1. The van der Waals surface area contributed by atoms with Gasteiger partial charge in [-0.1, -0.05) is 41.6 Å². The summed E-state index contributed by atoms with van der Waals surface area (Å²) < 4.78 is 39.8. The fourth-order valence-electron chi connectivity index (χ4n) is 3.96. The maximum Gasteiger partial charge on any atom is 0.416 e. The Labute approximate surface area is 218 Å². The quantitative estimate of drug-likeness (QED) is 0.300. The van der Waals surface area contributed by atoms with E-state index in [1.165, 1.54) is 18.3 Å². The molecule has 2 amide bonds. The Bertz CT molecular complexity index is 1280. The van der Waals surface area contributed by atoms with E-state index in [1.807, 2.05) is 4.90 Å². The van der Waals surface area contributed by atoms with Crippen molar-refractivity contribution in [1.82, 2.24) is 19.9 Å². The fraction of sp³-hybridized carbons (Fsp3) is 0.292. The van der Waals surface area contributed by atoms with Crippen molar-refractivity contribution in [3.63, 3.8) is 0 Å². The van der Waals surface area contributed by atoms with Crippen molar-refractivity contribution >= 4 is 40.4 Å². The van der Waals surface area contributed by atoms with Gasteiger partial charge in [-0.3, -0.25) is 14.8 Å². The highest BCUT2D eigenvalue weighted by Gasteiger charge is 2.38. The van der Waals surface area contributed by atoms with Gasteiger partial charge in [-0.05, 0) is 23.8 Å². The molecule has 0 saturated carbocycles. The van der Waals surface area contributed by atoms with E-state index >= 15 is 0 Å². The van der Waals surface area contributed by atoms with Crippen molar-refractivity contribution in [2.24, 2.45) is 0 Å². The largest absolute Gasteiger partial charge is 0.465 e. The normalized spacial score (nSPS) is 13.9. The molecule has 0 atom stereocenters. The molecular weight excluding hydrogens is 590 g/mol. The summed E-state index contributed by atoms with van der Waals surface area (Å²) in [4.78, 5) is 39.7. The van der Waals surface area contributed by atoms with Gasteiger partial charge < -0.3 is 10.0 Å². The Kier molecular flexibility index (Phi) is 7.43. The summed E-state index contributed by atoms with van der Waals surface area (Å²) in [5.74, 6) is 0.00228. The van der Waals surface area contributed by atoms with Crippen molar-refractivity contribution < 1.29 is 27.9 Å². The van der Waals surface area contributed by atoms with E-state index in [2.05, 4.69) is 32.6 Å². The van der Waals surface area contributed by atoms with Gasteiger partial charge in [0.15, 0.2) is 0 Å². The summed E-state index contributed by atoms with van der Waals surface area (Å²) in [6.07, 6.45) is -0.850. The van der Waals surface area contributed by atoms with Crippen molar-refractivity contribution in [3.05, 3.63) is 60.0 Å². The first-order valence-corrected chi connectivity index (χ1v) is 12.5. The Morgan fingerprint density at radius 1 is 1.14 bits per heavy atom. The number of amides is 2. The molecule has 188 valence electrons. The highest BCUT2D eigenvalue weighted by Crippen LogP contribution is 2.36. The molecule has 1 fully saturated rings. The minimum absolute atomic E-state index is 0.0791. The van der Waals surface area contributed by atoms with Crippen LogP contribution in [-0.4, -0.2) is 56.1 Å².